The molecule has 0 aromatic carbocycles. The van der Waals surface area contributed by atoms with E-state index in [1.807, 2.05) is 0 Å². The molecule has 0 aromatic rings. The third kappa shape index (κ3) is 9.98. The Morgan fingerprint density at radius 2 is 1.53 bits per heavy atom. The Morgan fingerprint density at radius 3 is 1.93 bits per heavy atom. The average molecular weight is 214 g/mol. The van der Waals surface area contributed by atoms with Crippen molar-refractivity contribution in [1.29, 1.82) is 0 Å². The first-order valence-corrected chi connectivity index (χ1v) is 5.80. The third-order valence-corrected chi connectivity index (χ3v) is 1.85. The van der Waals surface area contributed by atoms with Crippen LogP contribution in [0.1, 0.15) is 39.5 Å². The van der Waals surface area contributed by atoms with Crippen molar-refractivity contribution in [2.75, 3.05) is 19.8 Å². The molecule has 0 bridgehead atoms. The average Bonchev–Trinajstić information content (AvgIpc) is 2.25. The highest BCUT2D eigenvalue weighted by atomic mass is 16.7. The molecule has 15 heavy (non-hydrogen) atoms. The van der Waals surface area contributed by atoms with Crippen molar-refractivity contribution >= 4 is 7.32 Å². The Kier molecular flexibility index (Phi) is 11.5. The molecule has 0 aliphatic heterocycles. The van der Waals surface area contributed by atoms with Crippen LogP contribution in [0.4, 0.5) is 0 Å². The van der Waals surface area contributed by atoms with E-state index < -0.39 is 7.32 Å². The molecule has 0 fully saturated rings. The molecule has 0 rings (SSSR count). The van der Waals surface area contributed by atoms with Gasteiger partial charge in [-0.2, -0.15) is 0 Å². The van der Waals surface area contributed by atoms with Gasteiger partial charge < -0.3 is 14.0 Å². The van der Waals surface area contributed by atoms with Gasteiger partial charge in [0.1, 0.15) is 0 Å². The van der Waals surface area contributed by atoms with E-state index in [0.29, 0.717) is 19.8 Å². The highest BCUT2D eigenvalue weighted by Crippen LogP contribution is 1.98. The van der Waals surface area contributed by atoms with E-state index in [1.54, 1.807) is 6.08 Å². The van der Waals surface area contributed by atoms with E-state index in [0.717, 1.165) is 25.7 Å². The van der Waals surface area contributed by atoms with Gasteiger partial charge in [0.15, 0.2) is 0 Å². The monoisotopic (exact) mass is 214 g/mol. The maximum absolute atomic E-state index is 5.44. The molecule has 0 atom stereocenters. The largest absolute Gasteiger partial charge is 0.639 e. The second kappa shape index (κ2) is 11.8. The SMILES string of the molecule is C=CCOB(OCCCC)OCCCC. The smallest absolute Gasteiger partial charge is 0.386 e. The van der Waals surface area contributed by atoms with Crippen molar-refractivity contribution in [3.8, 4) is 0 Å². The van der Waals surface area contributed by atoms with Gasteiger partial charge in [0.2, 0.25) is 0 Å². The number of rotatable bonds is 11. The fourth-order valence-corrected chi connectivity index (χ4v) is 0.939. The van der Waals surface area contributed by atoms with Gasteiger partial charge in [-0.05, 0) is 12.8 Å². The molecule has 0 aliphatic carbocycles. The van der Waals surface area contributed by atoms with Crippen LogP contribution in [-0.4, -0.2) is 27.1 Å². The number of unbranched alkanes of at least 4 members (excludes halogenated alkanes) is 2. The van der Waals surface area contributed by atoms with E-state index in [2.05, 4.69) is 20.4 Å². The fraction of sp³-hybridized carbons (Fsp3) is 0.818. The summed E-state index contributed by atoms with van der Waals surface area (Å²) in [5.41, 5.74) is 0. The van der Waals surface area contributed by atoms with Crippen LogP contribution in [0.3, 0.4) is 0 Å². The van der Waals surface area contributed by atoms with Gasteiger partial charge in [-0.1, -0.05) is 32.8 Å². The summed E-state index contributed by atoms with van der Waals surface area (Å²) in [7, 11) is -0.527. The van der Waals surface area contributed by atoms with Crippen molar-refractivity contribution < 1.29 is 14.0 Å². The molecule has 0 unspecified atom stereocenters. The molecule has 0 aromatic heterocycles. The molecule has 0 amide bonds. The Labute approximate surface area is 94.0 Å². The quantitative estimate of drug-likeness (QED) is 0.300. The standard InChI is InChI=1S/C11H23BO3/c1-4-7-10-14-12(13-9-6-3)15-11-8-5-2/h6H,3-5,7-11H2,1-2H3. The van der Waals surface area contributed by atoms with Gasteiger partial charge in [0.25, 0.3) is 0 Å². The summed E-state index contributed by atoms with van der Waals surface area (Å²) in [6, 6.07) is 0. The predicted octanol–water partition coefficient (Wildman–Crippen LogP) is 2.81. The normalized spacial score (nSPS) is 10.3. The Morgan fingerprint density at radius 1 is 1.00 bits per heavy atom. The van der Waals surface area contributed by atoms with Crippen LogP contribution >= 0.6 is 0 Å². The summed E-state index contributed by atoms with van der Waals surface area (Å²) in [4.78, 5) is 0. The van der Waals surface area contributed by atoms with E-state index >= 15 is 0 Å². The lowest BCUT2D eigenvalue weighted by molar-refractivity contribution is 0.0998. The van der Waals surface area contributed by atoms with Crippen molar-refractivity contribution in [2.24, 2.45) is 0 Å². The lowest BCUT2D eigenvalue weighted by Crippen LogP contribution is -2.28. The summed E-state index contributed by atoms with van der Waals surface area (Å²) >= 11 is 0. The van der Waals surface area contributed by atoms with Gasteiger partial charge in [-0.3, -0.25) is 0 Å². The topological polar surface area (TPSA) is 27.7 Å². The number of hydrogen-bond acceptors (Lipinski definition) is 3. The van der Waals surface area contributed by atoms with Crippen molar-refractivity contribution in [3.05, 3.63) is 12.7 Å². The van der Waals surface area contributed by atoms with Crippen LogP contribution in [-0.2, 0) is 14.0 Å². The molecular weight excluding hydrogens is 191 g/mol. The summed E-state index contributed by atoms with van der Waals surface area (Å²) in [6.45, 7) is 9.67. The maximum atomic E-state index is 5.44. The third-order valence-electron chi connectivity index (χ3n) is 1.85. The summed E-state index contributed by atoms with van der Waals surface area (Å²) in [5, 5.41) is 0. The molecule has 0 heterocycles. The van der Waals surface area contributed by atoms with Gasteiger partial charge in [0, 0.05) is 13.2 Å². The molecule has 0 radical (unpaired) electrons. The maximum Gasteiger partial charge on any atom is 0.639 e. The van der Waals surface area contributed by atoms with Crippen molar-refractivity contribution in [2.45, 2.75) is 39.5 Å². The Hall–Kier alpha value is -0.315. The highest BCUT2D eigenvalue weighted by molar-refractivity contribution is 6.36. The first-order valence-electron chi connectivity index (χ1n) is 5.80. The zero-order valence-electron chi connectivity index (χ0n) is 10.0. The van der Waals surface area contributed by atoms with Gasteiger partial charge in [-0.15, -0.1) is 6.58 Å². The molecular formula is C11H23BO3. The highest BCUT2D eigenvalue weighted by Gasteiger charge is 2.19. The van der Waals surface area contributed by atoms with Crippen molar-refractivity contribution in [3.63, 3.8) is 0 Å². The predicted molar refractivity (Wildman–Crippen MR) is 63.6 cm³/mol. The molecule has 3 nitrogen and oxygen atoms in total. The molecule has 88 valence electrons. The molecule has 0 aliphatic rings. The van der Waals surface area contributed by atoms with Crippen LogP contribution < -0.4 is 0 Å². The zero-order chi connectivity index (χ0) is 11.4. The molecule has 4 heteroatoms. The molecule has 0 N–H and O–H groups in total. The Bertz CT molecular complexity index is 132. The van der Waals surface area contributed by atoms with Crippen LogP contribution in [0.25, 0.3) is 0 Å². The van der Waals surface area contributed by atoms with E-state index in [9.17, 15) is 0 Å². The molecule has 0 saturated heterocycles. The van der Waals surface area contributed by atoms with Crippen LogP contribution in [0.5, 0.6) is 0 Å². The van der Waals surface area contributed by atoms with Gasteiger partial charge in [0.05, 0.1) is 6.61 Å². The van der Waals surface area contributed by atoms with Gasteiger partial charge in [-0.25, -0.2) is 0 Å². The first-order chi connectivity index (χ1) is 7.35. The lowest BCUT2D eigenvalue weighted by Gasteiger charge is -2.13. The minimum absolute atomic E-state index is 0.461. The van der Waals surface area contributed by atoms with Crippen LogP contribution in [0.15, 0.2) is 12.7 Å². The molecule has 0 saturated carbocycles. The second-order valence-corrected chi connectivity index (χ2v) is 3.36. The minimum atomic E-state index is -0.527. The second-order valence-electron chi connectivity index (χ2n) is 3.36. The summed E-state index contributed by atoms with van der Waals surface area (Å²) in [6.07, 6.45) is 5.99. The van der Waals surface area contributed by atoms with Crippen LogP contribution in [0, 0.1) is 0 Å². The first kappa shape index (κ1) is 14.7. The van der Waals surface area contributed by atoms with Crippen molar-refractivity contribution in [1.82, 2.24) is 0 Å². The fourth-order valence-electron chi connectivity index (χ4n) is 0.939. The lowest BCUT2D eigenvalue weighted by atomic mass is 10.2. The Balaban J connectivity index is 3.57. The molecule has 0 spiro atoms. The van der Waals surface area contributed by atoms with E-state index in [1.165, 1.54) is 0 Å². The van der Waals surface area contributed by atoms with E-state index in [4.69, 9.17) is 14.0 Å². The summed E-state index contributed by atoms with van der Waals surface area (Å²) in [5.74, 6) is 0. The minimum Gasteiger partial charge on any atom is -0.386 e. The van der Waals surface area contributed by atoms with Crippen LogP contribution in [0.2, 0.25) is 0 Å². The summed E-state index contributed by atoms with van der Waals surface area (Å²) < 4.78 is 16.2. The zero-order valence-corrected chi connectivity index (χ0v) is 10.0. The van der Waals surface area contributed by atoms with Gasteiger partial charge >= 0.3 is 7.32 Å². The number of hydrogen-bond donors (Lipinski definition) is 0. The van der Waals surface area contributed by atoms with E-state index in [-0.39, 0.29) is 0 Å².